The lowest BCUT2D eigenvalue weighted by atomic mass is 10.0. The smallest absolute Gasteiger partial charge is 0.244 e. The lowest BCUT2D eigenvalue weighted by Gasteiger charge is -2.22. The molecule has 3 rings (SSSR count). The van der Waals surface area contributed by atoms with Crippen molar-refractivity contribution in [2.75, 3.05) is 18.3 Å². The Hall–Kier alpha value is -2.02. The van der Waals surface area contributed by atoms with Gasteiger partial charge in [0.25, 0.3) is 0 Å². The van der Waals surface area contributed by atoms with Gasteiger partial charge in [-0.25, -0.2) is 8.42 Å². The third kappa shape index (κ3) is 3.24. The summed E-state index contributed by atoms with van der Waals surface area (Å²) < 4.78 is 33.5. The zero-order chi connectivity index (χ0) is 15.8. The fraction of sp³-hybridized carbons (Fsp3) is 0.400. The molecule has 0 spiro atoms. The molecule has 2 aliphatic heterocycles. The molecule has 1 aromatic rings. The molecule has 1 aromatic carbocycles. The molecule has 7 heteroatoms. The van der Waals surface area contributed by atoms with Crippen LogP contribution in [0.15, 0.2) is 24.3 Å². The van der Waals surface area contributed by atoms with Crippen LogP contribution < -0.4 is 14.8 Å². The standard InChI is InChI=1S/C15H17NO5S/c1-15(6-7-22(18,19)9-15)16-14(17)5-3-11-2-4-12-13(8-11)21-10-20-12/h2-5,8H,6-7,9-10H2,1H3,(H,16,17)/b5-3+/t15-/m0/s1. The number of fused-ring (bicyclic) bond motifs is 1. The Kier molecular flexibility index (Phi) is 3.60. The molecule has 1 atom stereocenters. The fourth-order valence-corrected chi connectivity index (χ4v) is 4.73. The molecule has 0 aromatic heterocycles. The van der Waals surface area contributed by atoms with E-state index in [-0.39, 0.29) is 24.2 Å². The maximum atomic E-state index is 12.0. The zero-order valence-corrected chi connectivity index (χ0v) is 13.0. The van der Waals surface area contributed by atoms with E-state index >= 15 is 0 Å². The molecule has 6 nitrogen and oxygen atoms in total. The van der Waals surface area contributed by atoms with Crippen LogP contribution in [-0.2, 0) is 14.6 Å². The molecule has 0 radical (unpaired) electrons. The van der Waals surface area contributed by atoms with E-state index in [1.165, 1.54) is 6.08 Å². The Morgan fingerprint density at radius 2 is 2.09 bits per heavy atom. The first-order chi connectivity index (χ1) is 10.4. The summed E-state index contributed by atoms with van der Waals surface area (Å²) in [4.78, 5) is 12.0. The summed E-state index contributed by atoms with van der Waals surface area (Å²) in [5.74, 6) is 1.14. The lowest BCUT2D eigenvalue weighted by Crippen LogP contribution is -2.46. The number of rotatable bonds is 3. The molecular formula is C15H17NO5S. The molecule has 2 heterocycles. The van der Waals surface area contributed by atoms with Crippen molar-refractivity contribution in [3.63, 3.8) is 0 Å². The van der Waals surface area contributed by atoms with Crippen LogP contribution >= 0.6 is 0 Å². The van der Waals surface area contributed by atoms with E-state index in [2.05, 4.69) is 5.32 Å². The predicted molar refractivity (Wildman–Crippen MR) is 81.4 cm³/mol. The van der Waals surface area contributed by atoms with Crippen molar-refractivity contribution in [3.05, 3.63) is 29.8 Å². The van der Waals surface area contributed by atoms with E-state index in [4.69, 9.17) is 9.47 Å². The SMILES string of the molecule is C[C@]1(NC(=O)/C=C/c2ccc3c(c2)OCO3)CCS(=O)(=O)C1. The Morgan fingerprint density at radius 1 is 1.32 bits per heavy atom. The summed E-state index contributed by atoms with van der Waals surface area (Å²) in [6.07, 6.45) is 3.50. The zero-order valence-electron chi connectivity index (χ0n) is 12.2. The first-order valence-electron chi connectivity index (χ1n) is 6.96. The topological polar surface area (TPSA) is 81.7 Å². The number of hydrogen-bond donors (Lipinski definition) is 1. The van der Waals surface area contributed by atoms with Gasteiger partial charge in [0, 0.05) is 6.08 Å². The van der Waals surface area contributed by atoms with E-state index in [1.807, 2.05) is 6.07 Å². The van der Waals surface area contributed by atoms with Crippen LogP contribution in [0.1, 0.15) is 18.9 Å². The van der Waals surface area contributed by atoms with E-state index < -0.39 is 15.4 Å². The molecule has 1 saturated heterocycles. The fourth-order valence-electron chi connectivity index (χ4n) is 2.64. The van der Waals surface area contributed by atoms with Crippen LogP contribution in [0.5, 0.6) is 11.5 Å². The van der Waals surface area contributed by atoms with Crippen LogP contribution in [0.25, 0.3) is 6.08 Å². The average molecular weight is 323 g/mol. The van der Waals surface area contributed by atoms with Gasteiger partial charge in [-0.1, -0.05) is 6.07 Å². The quantitative estimate of drug-likeness (QED) is 0.843. The van der Waals surface area contributed by atoms with Gasteiger partial charge in [0.1, 0.15) is 0 Å². The number of carbonyl (C=O) groups excluding carboxylic acids is 1. The minimum atomic E-state index is -3.04. The van der Waals surface area contributed by atoms with Crippen molar-refractivity contribution in [3.8, 4) is 11.5 Å². The van der Waals surface area contributed by atoms with Gasteiger partial charge < -0.3 is 14.8 Å². The summed E-state index contributed by atoms with van der Waals surface area (Å²) in [7, 11) is -3.04. The van der Waals surface area contributed by atoms with Crippen molar-refractivity contribution in [1.29, 1.82) is 0 Å². The molecule has 0 unspecified atom stereocenters. The van der Waals surface area contributed by atoms with Gasteiger partial charge in [0.05, 0.1) is 17.0 Å². The first kappa shape index (κ1) is 14.9. The number of ether oxygens (including phenoxy) is 2. The second kappa shape index (κ2) is 5.31. The summed E-state index contributed by atoms with van der Waals surface area (Å²) in [5, 5.41) is 2.77. The highest BCUT2D eigenvalue weighted by molar-refractivity contribution is 7.91. The highest BCUT2D eigenvalue weighted by Crippen LogP contribution is 2.32. The maximum Gasteiger partial charge on any atom is 0.244 e. The molecule has 1 amide bonds. The normalized spacial score (nSPS) is 25.5. The molecule has 0 bridgehead atoms. The van der Waals surface area contributed by atoms with Gasteiger partial charge in [-0.3, -0.25) is 4.79 Å². The highest BCUT2D eigenvalue weighted by atomic mass is 32.2. The number of carbonyl (C=O) groups is 1. The number of amides is 1. The molecule has 118 valence electrons. The first-order valence-corrected chi connectivity index (χ1v) is 8.78. The largest absolute Gasteiger partial charge is 0.454 e. The van der Waals surface area contributed by atoms with E-state index in [0.29, 0.717) is 17.9 Å². The number of hydrogen-bond acceptors (Lipinski definition) is 5. The average Bonchev–Trinajstić information content (AvgIpc) is 3.00. The third-order valence-corrected chi connectivity index (χ3v) is 5.66. The Labute approximate surface area is 129 Å². The van der Waals surface area contributed by atoms with Crippen LogP contribution in [-0.4, -0.2) is 38.2 Å². The van der Waals surface area contributed by atoms with Gasteiger partial charge in [-0.2, -0.15) is 0 Å². The minimum Gasteiger partial charge on any atom is -0.454 e. The Bertz CT molecular complexity index is 740. The van der Waals surface area contributed by atoms with Crippen molar-refractivity contribution in [2.45, 2.75) is 18.9 Å². The molecule has 2 aliphatic rings. The molecule has 22 heavy (non-hydrogen) atoms. The maximum absolute atomic E-state index is 12.0. The van der Waals surface area contributed by atoms with Gasteiger partial charge in [0.15, 0.2) is 21.3 Å². The summed E-state index contributed by atoms with van der Waals surface area (Å²) in [5.41, 5.74) is 0.124. The van der Waals surface area contributed by atoms with Gasteiger partial charge >= 0.3 is 0 Å². The second-order valence-corrected chi connectivity index (χ2v) is 8.02. The summed E-state index contributed by atoms with van der Waals surface area (Å²) >= 11 is 0. The van der Waals surface area contributed by atoms with E-state index in [9.17, 15) is 13.2 Å². The monoisotopic (exact) mass is 323 g/mol. The second-order valence-electron chi connectivity index (χ2n) is 5.84. The highest BCUT2D eigenvalue weighted by Gasteiger charge is 2.39. The van der Waals surface area contributed by atoms with E-state index in [0.717, 1.165) is 5.56 Å². The van der Waals surface area contributed by atoms with Crippen LogP contribution in [0.2, 0.25) is 0 Å². The number of sulfone groups is 1. The summed E-state index contributed by atoms with van der Waals surface area (Å²) in [6, 6.07) is 5.39. The Balaban J connectivity index is 1.64. The van der Waals surface area contributed by atoms with Gasteiger partial charge in [0.2, 0.25) is 12.7 Å². The number of nitrogens with one attached hydrogen (secondary N) is 1. The van der Waals surface area contributed by atoms with E-state index in [1.54, 1.807) is 25.1 Å². The van der Waals surface area contributed by atoms with Crippen molar-refractivity contribution in [2.24, 2.45) is 0 Å². The number of benzene rings is 1. The van der Waals surface area contributed by atoms with Crippen molar-refractivity contribution >= 4 is 21.8 Å². The molecule has 1 fully saturated rings. The van der Waals surface area contributed by atoms with Crippen molar-refractivity contribution in [1.82, 2.24) is 5.32 Å². The predicted octanol–water partition coefficient (Wildman–Crippen LogP) is 1.12. The molecule has 0 aliphatic carbocycles. The van der Waals surface area contributed by atoms with Crippen LogP contribution in [0.4, 0.5) is 0 Å². The van der Waals surface area contributed by atoms with Crippen LogP contribution in [0.3, 0.4) is 0 Å². The van der Waals surface area contributed by atoms with Crippen molar-refractivity contribution < 1.29 is 22.7 Å². The molecular weight excluding hydrogens is 306 g/mol. The Morgan fingerprint density at radius 3 is 2.82 bits per heavy atom. The lowest BCUT2D eigenvalue weighted by molar-refractivity contribution is -0.117. The summed E-state index contributed by atoms with van der Waals surface area (Å²) in [6.45, 7) is 1.96. The molecule has 1 N–H and O–H groups in total. The third-order valence-electron chi connectivity index (χ3n) is 3.75. The van der Waals surface area contributed by atoms with Gasteiger partial charge in [-0.05, 0) is 37.1 Å². The van der Waals surface area contributed by atoms with Crippen LogP contribution in [0, 0.1) is 0 Å². The minimum absolute atomic E-state index is 0.0103. The molecule has 0 saturated carbocycles. The van der Waals surface area contributed by atoms with Gasteiger partial charge in [-0.15, -0.1) is 0 Å².